The number of nitrogens with zero attached hydrogens (tertiary/aromatic N) is 1. The molecule has 0 bridgehead atoms. The van der Waals surface area contributed by atoms with E-state index < -0.39 is 5.97 Å². The van der Waals surface area contributed by atoms with Gasteiger partial charge < -0.3 is 9.47 Å². The summed E-state index contributed by atoms with van der Waals surface area (Å²) in [7, 11) is 0. The van der Waals surface area contributed by atoms with Gasteiger partial charge in [-0.1, -0.05) is 61.9 Å². The van der Waals surface area contributed by atoms with E-state index in [9.17, 15) is 9.59 Å². The molecule has 6 nitrogen and oxygen atoms in total. The number of rotatable bonds is 14. The van der Waals surface area contributed by atoms with E-state index in [-0.39, 0.29) is 5.91 Å². The fourth-order valence-corrected chi connectivity index (χ4v) is 3.45. The molecule has 2 aromatic carbocycles. The molecule has 0 aliphatic rings. The van der Waals surface area contributed by atoms with Crippen molar-refractivity contribution in [1.82, 2.24) is 5.43 Å². The van der Waals surface area contributed by atoms with Crippen LogP contribution in [0.1, 0.15) is 81.1 Å². The number of amides is 1. The molecule has 0 aliphatic heterocycles. The zero-order valence-electron chi connectivity index (χ0n) is 19.4. The fourth-order valence-electron chi connectivity index (χ4n) is 3.07. The van der Waals surface area contributed by atoms with Crippen LogP contribution in [0.5, 0.6) is 11.5 Å². The van der Waals surface area contributed by atoms with Crippen molar-refractivity contribution in [1.29, 1.82) is 0 Å². The van der Waals surface area contributed by atoms with Gasteiger partial charge in [0.1, 0.15) is 11.5 Å². The Morgan fingerprint density at radius 2 is 1.70 bits per heavy atom. The Kier molecular flexibility index (Phi) is 12.3. The van der Waals surface area contributed by atoms with Crippen molar-refractivity contribution in [3.8, 4) is 11.5 Å². The summed E-state index contributed by atoms with van der Waals surface area (Å²) in [6, 6.07) is 12.1. The van der Waals surface area contributed by atoms with Crippen LogP contribution >= 0.6 is 15.9 Å². The van der Waals surface area contributed by atoms with Gasteiger partial charge in [0.25, 0.3) is 0 Å². The molecule has 7 heteroatoms. The van der Waals surface area contributed by atoms with Crippen molar-refractivity contribution < 1.29 is 19.1 Å². The number of nitrogens with one attached hydrogen (secondary N) is 1. The Labute approximate surface area is 204 Å². The van der Waals surface area contributed by atoms with Crippen LogP contribution in [0.25, 0.3) is 0 Å². The van der Waals surface area contributed by atoms with Crippen LogP contribution in [0.4, 0.5) is 0 Å². The van der Waals surface area contributed by atoms with Crippen molar-refractivity contribution in [3.63, 3.8) is 0 Å². The number of benzene rings is 2. The average molecular weight is 517 g/mol. The largest absolute Gasteiger partial charge is 0.494 e. The molecular weight excluding hydrogens is 484 g/mol. The lowest BCUT2D eigenvalue weighted by atomic mass is 10.1. The molecule has 0 fully saturated rings. The molecule has 33 heavy (non-hydrogen) atoms. The lowest BCUT2D eigenvalue weighted by Gasteiger charge is -2.09. The second kappa shape index (κ2) is 15.2. The van der Waals surface area contributed by atoms with E-state index in [1.54, 1.807) is 42.5 Å². The molecule has 2 rings (SSSR count). The zero-order chi connectivity index (χ0) is 23.9. The number of halogens is 1. The normalized spacial score (nSPS) is 10.9. The first kappa shape index (κ1) is 26.6. The third kappa shape index (κ3) is 10.2. The number of hydrazone groups is 1. The number of hydrogen-bond donors (Lipinski definition) is 1. The van der Waals surface area contributed by atoms with E-state index in [4.69, 9.17) is 9.47 Å². The van der Waals surface area contributed by atoms with Gasteiger partial charge in [0.15, 0.2) is 0 Å². The maximum atomic E-state index is 12.6. The quantitative estimate of drug-likeness (QED) is 0.100. The van der Waals surface area contributed by atoms with Gasteiger partial charge in [0.05, 0.1) is 18.4 Å². The summed E-state index contributed by atoms with van der Waals surface area (Å²) in [5.74, 6) is 0.451. The van der Waals surface area contributed by atoms with Gasteiger partial charge in [0, 0.05) is 16.5 Å². The van der Waals surface area contributed by atoms with E-state index in [1.165, 1.54) is 25.5 Å². The summed E-state index contributed by atoms with van der Waals surface area (Å²) in [6.45, 7) is 4.84. The summed E-state index contributed by atoms with van der Waals surface area (Å²) in [5.41, 5.74) is 3.53. The molecule has 0 spiro atoms. The Balaban J connectivity index is 1.91. The smallest absolute Gasteiger partial charge is 0.343 e. The molecule has 0 heterocycles. The highest BCUT2D eigenvalue weighted by Crippen LogP contribution is 2.23. The van der Waals surface area contributed by atoms with Crippen molar-refractivity contribution >= 4 is 34.0 Å². The first-order chi connectivity index (χ1) is 16.0. The molecule has 2 aromatic rings. The molecule has 0 unspecified atom stereocenters. The highest BCUT2D eigenvalue weighted by molar-refractivity contribution is 9.10. The number of esters is 1. The summed E-state index contributed by atoms with van der Waals surface area (Å²) in [6.07, 6.45) is 9.58. The van der Waals surface area contributed by atoms with Crippen molar-refractivity contribution in [2.75, 3.05) is 6.61 Å². The number of unbranched alkanes of at least 4 members (excludes halogenated alkanes) is 5. The van der Waals surface area contributed by atoms with E-state index >= 15 is 0 Å². The Morgan fingerprint density at radius 3 is 2.42 bits per heavy atom. The van der Waals surface area contributed by atoms with Gasteiger partial charge >= 0.3 is 5.97 Å². The molecular formula is C26H33BrN2O4. The Morgan fingerprint density at radius 1 is 0.970 bits per heavy atom. The first-order valence-corrected chi connectivity index (χ1v) is 12.4. The number of carbonyl (C=O) groups excluding carboxylic acids is 2. The van der Waals surface area contributed by atoms with Crippen LogP contribution in [-0.4, -0.2) is 24.7 Å². The van der Waals surface area contributed by atoms with Gasteiger partial charge in [-0.3, -0.25) is 4.79 Å². The van der Waals surface area contributed by atoms with Gasteiger partial charge in [0.2, 0.25) is 5.91 Å². The summed E-state index contributed by atoms with van der Waals surface area (Å²) in [4.78, 5) is 24.6. The van der Waals surface area contributed by atoms with Crippen LogP contribution in [0.3, 0.4) is 0 Å². The maximum Gasteiger partial charge on any atom is 0.343 e. The predicted molar refractivity (Wildman–Crippen MR) is 135 cm³/mol. The Hall–Kier alpha value is -2.67. The van der Waals surface area contributed by atoms with Crippen LogP contribution in [0.2, 0.25) is 0 Å². The van der Waals surface area contributed by atoms with Gasteiger partial charge in [-0.25, -0.2) is 10.2 Å². The van der Waals surface area contributed by atoms with Crippen LogP contribution in [-0.2, 0) is 4.79 Å². The average Bonchev–Trinajstić information content (AvgIpc) is 2.82. The standard InChI is InChI=1S/C26H33BrN2O4/c1-3-5-6-7-8-9-10-25(30)29-28-19-21-18-22(27)13-16-24(21)33-26(31)20-11-14-23(15-12-20)32-17-4-2/h11-16,18-19H,3-10,17H2,1-2H3,(H,29,30)/b28-19+. The molecule has 0 radical (unpaired) electrons. The second-order valence-corrected chi connectivity index (χ2v) is 8.67. The van der Waals surface area contributed by atoms with Crippen LogP contribution < -0.4 is 14.9 Å². The minimum Gasteiger partial charge on any atom is -0.494 e. The monoisotopic (exact) mass is 516 g/mol. The Bertz CT molecular complexity index is 913. The maximum absolute atomic E-state index is 12.6. The van der Waals surface area contributed by atoms with Crippen LogP contribution in [0, 0.1) is 0 Å². The van der Waals surface area contributed by atoms with Crippen LogP contribution in [0.15, 0.2) is 52.0 Å². The topological polar surface area (TPSA) is 77.0 Å². The van der Waals surface area contributed by atoms with E-state index in [0.717, 1.165) is 30.2 Å². The highest BCUT2D eigenvalue weighted by atomic mass is 79.9. The summed E-state index contributed by atoms with van der Waals surface area (Å²) < 4.78 is 11.9. The molecule has 0 aromatic heterocycles. The number of hydrogen-bond acceptors (Lipinski definition) is 5. The lowest BCUT2D eigenvalue weighted by molar-refractivity contribution is -0.121. The highest BCUT2D eigenvalue weighted by Gasteiger charge is 2.12. The molecule has 0 saturated heterocycles. The SMILES string of the molecule is CCCCCCCCC(=O)N/N=C/c1cc(Br)ccc1OC(=O)c1ccc(OCCC)cc1. The number of ether oxygens (including phenoxy) is 2. The third-order valence-electron chi connectivity index (χ3n) is 4.89. The second-order valence-electron chi connectivity index (χ2n) is 7.76. The van der Waals surface area contributed by atoms with Gasteiger partial charge in [-0.2, -0.15) is 5.10 Å². The fraction of sp³-hybridized carbons (Fsp3) is 0.423. The molecule has 1 amide bonds. The predicted octanol–water partition coefficient (Wildman–Crippen LogP) is 6.66. The van der Waals surface area contributed by atoms with E-state index in [1.807, 2.05) is 6.92 Å². The molecule has 0 aliphatic carbocycles. The minimum absolute atomic E-state index is 0.124. The lowest BCUT2D eigenvalue weighted by Crippen LogP contribution is -2.17. The van der Waals surface area contributed by atoms with Gasteiger partial charge in [-0.15, -0.1) is 0 Å². The third-order valence-corrected chi connectivity index (χ3v) is 5.38. The van der Waals surface area contributed by atoms with E-state index in [2.05, 4.69) is 33.4 Å². The van der Waals surface area contributed by atoms with Crippen molar-refractivity contribution in [3.05, 3.63) is 58.1 Å². The van der Waals surface area contributed by atoms with Crippen molar-refractivity contribution in [2.45, 2.75) is 65.2 Å². The van der Waals surface area contributed by atoms with E-state index in [0.29, 0.717) is 35.7 Å². The minimum atomic E-state index is -0.485. The molecule has 0 atom stereocenters. The summed E-state index contributed by atoms with van der Waals surface area (Å²) >= 11 is 3.41. The first-order valence-electron chi connectivity index (χ1n) is 11.6. The zero-order valence-corrected chi connectivity index (χ0v) is 21.0. The molecule has 178 valence electrons. The summed E-state index contributed by atoms with van der Waals surface area (Å²) in [5, 5.41) is 4.04. The molecule has 1 N–H and O–H groups in total. The number of carbonyl (C=O) groups is 2. The van der Waals surface area contributed by atoms with Gasteiger partial charge in [-0.05, 0) is 55.3 Å². The van der Waals surface area contributed by atoms with Crippen molar-refractivity contribution in [2.24, 2.45) is 5.10 Å². The molecule has 0 saturated carbocycles.